The second-order valence-corrected chi connectivity index (χ2v) is 2.98. The molecular weight excluding hydrogens is 118 g/mol. The van der Waals surface area contributed by atoms with Gasteiger partial charge in [0.25, 0.3) is 0 Å². The van der Waals surface area contributed by atoms with E-state index in [1.165, 1.54) is 0 Å². The van der Waals surface area contributed by atoms with Gasteiger partial charge in [-0.3, -0.25) is 0 Å². The monoisotopic (exact) mass is 123 g/mol. The lowest BCUT2D eigenvalue weighted by molar-refractivity contribution is 0.200. The van der Waals surface area contributed by atoms with Crippen LogP contribution in [0.1, 0.15) is 0 Å². The number of rotatable bonds is 0. The van der Waals surface area contributed by atoms with Crippen molar-refractivity contribution in [3.05, 3.63) is 0 Å². The minimum Gasteiger partial charge on any atom is -0.348 e. The van der Waals surface area contributed by atoms with E-state index >= 15 is 0 Å². The molecule has 4 nitrogen and oxygen atoms in total. The second-order valence-electron chi connectivity index (χ2n) is 1.23. The fourth-order valence-corrected chi connectivity index (χ4v) is 0.973. The van der Waals surface area contributed by atoms with Crippen molar-refractivity contribution in [3.63, 3.8) is 0 Å². The number of hydrogen-bond donors (Lipinski definition) is 1. The third-order valence-electron chi connectivity index (χ3n) is 0.619. The fourth-order valence-electron chi connectivity index (χ4n) is 0.324. The first-order valence-electron chi connectivity index (χ1n) is 1.76. The lowest BCUT2D eigenvalue weighted by Gasteiger charge is -1.81. The van der Waals surface area contributed by atoms with E-state index in [9.17, 15) is 8.42 Å². The number of ether oxygens (including phenoxy) is 1. The Balaban J connectivity index is 2.76. The molecule has 42 valence electrons. The number of hydrogen-bond acceptors (Lipinski definition) is 3. The molecule has 0 aromatic heterocycles. The first-order chi connectivity index (χ1) is 3.21. The number of nitrogens with one attached hydrogen (secondary N) is 1. The van der Waals surface area contributed by atoms with Crippen LogP contribution in [-0.4, -0.2) is 21.1 Å². The highest BCUT2D eigenvalue weighted by Crippen LogP contribution is 1.91. The third kappa shape index (κ3) is 1.12. The third-order valence-corrected chi connectivity index (χ3v) is 1.65. The van der Waals surface area contributed by atoms with E-state index < -0.39 is 10.0 Å². The molecule has 1 heterocycles. The smallest absolute Gasteiger partial charge is 0.237 e. The highest BCUT2D eigenvalue weighted by molar-refractivity contribution is 7.89. The standard InChI is InChI=1S/C2H5NO3S/c4-7(5)2-6-1-3-7/h3H,1-2H2. The summed E-state index contributed by atoms with van der Waals surface area (Å²) >= 11 is 0. The van der Waals surface area contributed by atoms with Gasteiger partial charge < -0.3 is 4.74 Å². The highest BCUT2D eigenvalue weighted by Gasteiger charge is 2.15. The summed E-state index contributed by atoms with van der Waals surface area (Å²) in [4.78, 5) is 0. The second kappa shape index (κ2) is 1.43. The van der Waals surface area contributed by atoms with Crippen molar-refractivity contribution in [2.45, 2.75) is 0 Å². The molecule has 1 rings (SSSR count). The zero-order valence-electron chi connectivity index (χ0n) is 3.55. The molecule has 0 atom stereocenters. The molecule has 0 amide bonds. The summed E-state index contributed by atoms with van der Waals surface area (Å²) in [5, 5.41) is 0. The molecule has 0 bridgehead atoms. The molecule has 0 aliphatic carbocycles. The van der Waals surface area contributed by atoms with Gasteiger partial charge in [0.15, 0.2) is 5.94 Å². The Kier molecular flexibility index (Phi) is 1.02. The van der Waals surface area contributed by atoms with Crippen molar-refractivity contribution < 1.29 is 13.2 Å². The topological polar surface area (TPSA) is 55.4 Å². The Labute approximate surface area is 41.5 Å². The summed E-state index contributed by atoms with van der Waals surface area (Å²) < 4.78 is 27.0. The van der Waals surface area contributed by atoms with Gasteiger partial charge >= 0.3 is 0 Å². The van der Waals surface area contributed by atoms with Crippen LogP contribution in [0.3, 0.4) is 0 Å². The van der Waals surface area contributed by atoms with E-state index in [1.54, 1.807) is 0 Å². The van der Waals surface area contributed by atoms with Crippen molar-refractivity contribution in [3.8, 4) is 0 Å². The van der Waals surface area contributed by atoms with Crippen LogP contribution >= 0.6 is 0 Å². The largest absolute Gasteiger partial charge is 0.348 e. The molecule has 1 aliphatic heterocycles. The Hall–Kier alpha value is -0.130. The van der Waals surface area contributed by atoms with E-state index in [4.69, 9.17) is 0 Å². The van der Waals surface area contributed by atoms with E-state index in [0.717, 1.165) is 0 Å². The van der Waals surface area contributed by atoms with Crippen molar-refractivity contribution in [1.29, 1.82) is 0 Å². The predicted molar refractivity (Wildman–Crippen MR) is 22.9 cm³/mol. The Morgan fingerprint density at radius 2 is 2.29 bits per heavy atom. The summed E-state index contributed by atoms with van der Waals surface area (Å²) in [7, 11) is -3.02. The van der Waals surface area contributed by atoms with Crippen molar-refractivity contribution in [1.82, 2.24) is 4.72 Å². The molecule has 7 heavy (non-hydrogen) atoms. The Bertz CT molecular complexity index is 136. The average molecular weight is 123 g/mol. The molecule has 0 saturated carbocycles. The van der Waals surface area contributed by atoms with Crippen LogP contribution in [0.2, 0.25) is 0 Å². The average Bonchev–Trinajstić information content (AvgIpc) is 1.84. The van der Waals surface area contributed by atoms with Gasteiger partial charge in [-0.2, -0.15) is 4.72 Å². The van der Waals surface area contributed by atoms with Crippen molar-refractivity contribution in [2.75, 3.05) is 12.7 Å². The molecule has 0 unspecified atom stereocenters. The summed E-state index contributed by atoms with van der Waals surface area (Å²) in [5.74, 6) is -0.188. The molecular formula is C2H5NO3S. The maximum Gasteiger partial charge on any atom is 0.237 e. The summed E-state index contributed by atoms with van der Waals surface area (Å²) in [6.45, 7) is 0.127. The summed E-state index contributed by atoms with van der Waals surface area (Å²) in [6, 6.07) is 0. The van der Waals surface area contributed by atoms with Gasteiger partial charge in [-0.15, -0.1) is 0 Å². The van der Waals surface area contributed by atoms with Gasteiger partial charge in [0.2, 0.25) is 10.0 Å². The zero-order chi connectivity index (χ0) is 5.33. The lowest BCUT2D eigenvalue weighted by atomic mass is 11.3. The first kappa shape index (κ1) is 5.02. The van der Waals surface area contributed by atoms with Gasteiger partial charge in [0.05, 0.1) is 0 Å². The molecule has 1 saturated heterocycles. The molecule has 0 spiro atoms. The first-order valence-corrected chi connectivity index (χ1v) is 3.41. The van der Waals surface area contributed by atoms with Gasteiger partial charge in [-0.1, -0.05) is 0 Å². The molecule has 1 fully saturated rings. The normalized spacial score (nSPS) is 28.0. The quantitative estimate of drug-likeness (QED) is 0.442. The van der Waals surface area contributed by atoms with Crippen molar-refractivity contribution >= 4 is 10.0 Å². The maximum atomic E-state index is 10.2. The van der Waals surface area contributed by atoms with Crippen LogP contribution in [0.25, 0.3) is 0 Å². The van der Waals surface area contributed by atoms with Gasteiger partial charge in [0, 0.05) is 0 Å². The highest BCUT2D eigenvalue weighted by atomic mass is 32.2. The van der Waals surface area contributed by atoms with E-state index in [1.807, 2.05) is 0 Å². The van der Waals surface area contributed by atoms with Crippen LogP contribution in [0.5, 0.6) is 0 Å². The molecule has 5 heteroatoms. The SMILES string of the molecule is O=S1(=O)COCN1. The minimum atomic E-state index is -3.02. The van der Waals surface area contributed by atoms with Crippen LogP contribution in [0.4, 0.5) is 0 Å². The van der Waals surface area contributed by atoms with Crippen LogP contribution < -0.4 is 4.72 Å². The summed E-state index contributed by atoms with van der Waals surface area (Å²) in [5.41, 5.74) is 0. The minimum absolute atomic E-state index is 0.127. The predicted octanol–water partition coefficient (Wildman–Crippen LogP) is -1.15. The molecule has 0 aromatic rings. The van der Waals surface area contributed by atoms with Gasteiger partial charge in [-0.25, -0.2) is 8.42 Å². The Morgan fingerprint density at radius 3 is 2.43 bits per heavy atom. The van der Waals surface area contributed by atoms with Crippen LogP contribution in [-0.2, 0) is 14.8 Å². The fraction of sp³-hybridized carbons (Fsp3) is 1.00. The van der Waals surface area contributed by atoms with Crippen LogP contribution in [0, 0.1) is 0 Å². The summed E-state index contributed by atoms with van der Waals surface area (Å²) in [6.07, 6.45) is 0. The van der Waals surface area contributed by atoms with Gasteiger partial charge in [-0.05, 0) is 0 Å². The zero-order valence-corrected chi connectivity index (χ0v) is 4.36. The number of sulfonamides is 1. The lowest BCUT2D eigenvalue weighted by Crippen LogP contribution is -2.15. The van der Waals surface area contributed by atoms with Gasteiger partial charge in [0.1, 0.15) is 6.73 Å². The van der Waals surface area contributed by atoms with E-state index in [2.05, 4.69) is 9.46 Å². The van der Waals surface area contributed by atoms with E-state index in [-0.39, 0.29) is 12.7 Å². The molecule has 0 radical (unpaired) electrons. The van der Waals surface area contributed by atoms with Crippen molar-refractivity contribution in [2.24, 2.45) is 0 Å². The molecule has 1 aliphatic rings. The maximum absolute atomic E-state index is 10.2. The molecule has 1 N–H and O–H groups in total. The van der Waals surface area contributed by atoms with E-state index in [0.29, 0.717) is 0 Å². The molecule has 0 aromatic carbocycles. The van der Waals surface area contributed by atoms with Crippen LogP contribution in [0.15, 0.2) is 0 Å². The Morgan fingerprint density at radius 1 is 1.57 bits per heavy atom.